The molecule has 32 heavy (non-hydrogen) atoms. The monoisotopic (exact) mass is 431 g/mol. The van der Waals surface area contributed by atoms with Crippen LogP contribution in [0.4, 0.5) is 5.69 Å². The molecule has 0 spiro atoms. The summed E-state index contributed by atoms with van der Waals surface area (Å²) in [5.41, 5.74) is 6.22. The third-order valence-corrected chi connectivity index (χ3v) is 9.16. The largest absolute Gasteiger partial charge is 0.389 e. The molecule has 0 unspecified atom stereocenters. The van der Waals surface area contributed by atoms with Crippen molar-refractivity contribution in [2.24, 2.45) is 17.3 Å². The van der Waals surface area contributed by atoms with E-state index in [0.717, 1.165) is 51.4 Å². The van der Waals surface area contributed by atoms with Gasteiger partial charge in [0.15, 0.2) is 5.78 Å². The molecule has 0 amide bonds. The highest BCUT2D eigenvalue weighted by Gasteiger charge is 2.62. The summed E-state index contributed by atoms with van der Waals surface area (Å²) in [6.45, 7) is 4.01. The third kappa shape index (κ3) is 3.32. The van der Waals surface area contributed by atoms with Crippen LogP contribution in [-0.4, -0.2) is 30.6 Å². The van der Waals surface area contributed by atoms with Gasteiger partial charge >= 0.3 is 0 Å². The number of carbonyl (C=O) groups is 1. The van der Waals surface area contributed by atoms with Crippen molar-refractivity contribution in [3.8, 4) is 0 Å². The first-order valence-electron chi connectivity index (χ1n) is 12.4. The van der Waals surface area contributed by atoms with Crippen LogP contribution < -0.4 is 4.90 Å². The highest BCUT2D eigenvalue weighted by Crippen LogP contribution is 2.65. The highest BCUT2D eigenvalue weighted by molar-refractivity contribution is 5.93. The lowest BCUT2D eigenvalue weighted by atomic mass is 9.52. The SMILES string of the molecule is C=CC[C@]1(O)CC[C@H]2[C@@H]3CCC4=CC(=O)CCC4=C3CC[C@@]21Cc1cccc(N(C)C)c1. The van der Waals surface area contributed by atoms with Gasteiger partial charge in [0.25, 0.3) is 0 Å². The lowest BCUT2D eigenvalue weighted by Crippen LogP contribution is -2.52. The number of hydrogen-bond acceptors (Lipinski definition) is 3. The molecule has 2 saturated carbocycles. The van der Waals surface area contributed by atoms with Gasteiger partial charge < -0.3 is 10.0 Å². The molecule has 4 atom stereocenters. The minimum absolute atomic E-state index is 0.105. The Morgan fingerprint density at radius 2 is 2.00 bits per heavy atom. The molecule has 1 aromatic rings. The quantitative estimate of drug-likeness (QED) is 0.600. The van der Waals surface area contributed by atoms with E-state index in [1.54, 1.807) is 5.57 Å². The predicted octanol–water partition coefficient (Wildman–Crippen LogP) is 5.79. The number of aliphatic hydroxyl groups is 1. The Balaban J connectivity index is 1.55. The molecule has 0 aliphatic heterocycles. The molecule has 0 aromatic heterocycles. The van der Waals surface area contributed by atoms with Crippen molar-refractivity contribution in [1.82, 2.24) is 0 Å². The van der Waals surface area contributed by atoms with E-state index < -0.39 is 5.60 Å². The first-order valence-corrected chi connectivity index (χ1v) is 12.4. The van der Waals surface area contributed by atoms with E-state index in [2.05, 4.69) is 49.8 Å². The van der Waals surface area contributed by atoms with Crippen molar-refractivity contribution < 1.29 is 9.90 Å². The molecule has 5 rings (SSSR count). The fraction of sp³-hybridized carbons (Fsp3) is 0.552. The summed E-state index contributed by atoms with van der Waals surface area (Å²) in [4.78, 5) is 14.2. The zero-order valence-electron chi connectivity index (χ0n) is 19.7. The molecular weight excluding hydrogens is 394 g/mol. The number of hydrogen-bond donors (Lipinski definition) is 1. The molecule has 0 bridgehead atoms. The first kappa shape index (κ1) is 21.7. The number of carbonyl (C=O) groups excluding carboxylic acids is 1. The van der Waals surface area contributed by atoms with E-state index in [1.165, 1.54) is 22.4 Å². The lowest BCUT2D eigenvalue weighted by Gasteiger charge is -2.54. The number of anilines is 1. The Bertz CT molecular complexity index is 1000. The number of benzene rings is 1. The fourth-order valence-corrected chi connectivity index (χ4v) is 7.71. The second-order valence-corrected chi connectivity index (χ2v) is 10.9. The number of ketones is 1. The molecule has 0 radical (unpaired) electrons. The van der Waals surface area contributed by atoms with Gasteiger partial charge in [-0.3, -0.25) is 4.79 Å². The zero-order chi connectivity index (χ0) is 22.5. The number of fused-ring (bicyclic) bond motifs is 4. The second-order valence-electron chi connectivity index (χ2n) is 10.9. The smallest absolute Gasteiger partial charge is 0.156 e. The molecule has 4 aliphatic rings. The van der Waals surface area contributed by atoms with Gasteiger partial charge in [0, 0.05) is 31.6 Å². The summed E-state index contributed by atoms with van der Waals surface area (Å²) in [6.07, 6.45) is 13.3. The Hall–Kier alpha value is -2.13. The van der Waals surface area contributed by atoms with Crippen LogP contribution in [0.15, 0.2) is 59.7 Å². The second kappa shape index (κ2) is 8.02. The molecule has 4 aliphatic carbocycles. The Kier molecular flexibility index (Phi) is 5.44. The normalized spacial score (nSPS) is 33.8. The summed E-state index contributed by atoms with van der Waals surface area (Å²) in [6, 6.07) is 8.87. The van der Waals surface area contributed by atoms with Gasteiger partial charge in [-0.15, -0.1) is 6.58 Å². The van der Waals surface area contributed by atoms with Crippen LogP contribution in [0.2, 0.25) is 0 Å². The van der Waals surface area contributed by atoms with Gasteiger partial charge in [-0.2, -0.15) is 0 Å². The summed E-state index contributed by atoms with van der Waals surface area (Å²) < 4.78 is 0. The number of rotatable bonds is 5. The standard InChI is InChI=1S/C29H37NO2/c1-4-14-29(32)16-13-27-26-10-8-21-18-23(31)9-11-24(21)25(26)12-15-28(27,29)19-20-6-5-7-22(17-20)30(2)3/h4-7,17-18,26-27,32H,1,8-16,19H2,2-3H3/t26-,27+,28-,29+/m1/s1. The van der Waals surface area contributed by atoms with E-state index in [1.807, 2.05) is 12.2 Å². The minimum Gasteiger partial charge on any atom is -0.389 e. The Labute approximate surface area is 192 Å². The average molecular weight is 432 g/mol. The minimum atomic E-state index is -0.678. The van der Waals surface area contributed by atoms with Crippen LogP contribution in [0.5, 0.6) is 0 Å². The van der Waals surface area contributed by atoms with Crippen molar-refractivity contribution in [3.63, 3.8) is 0 Å². The topological polar surface area (TPSA) is 40.5 Å². The zero-order valence-corrected chi connectivity index (χ0v) is 19.7. The predicted molar refractivity (Wildman–Crippen MR) is 131 cm³/mol. The lowest BCUT2D eigenvalue weighted by molar-refractivity contribution is -0.114. The van der Waals surface area contributed by atoms with Gasteiger partial charge in [-0.05, 0) is 105 Å². The summed E-state index contributed by atoms with van der Waals surface area (Å²) in [7, 11) is 4.18. The van der Waals surface area contributed by atoms with Gasteiger partial charge in [-0.25, -0.2) is 0 Å². The van der Waals surface area contributed by atoms with Gasteiger partial charge in [0.2, 0.25) is 0 Å². The number of nitrogens with zero attached hydrogens (tertiary/aromatic N) is 1. The molecule has 3 nitrogen and oxygen atoms in total. The summed E-state index contributed by atoms with van der Waals surface area (Å²) in [5.74, 6) is 1.36. The van der Waals surface area contributed by atoms with E-state index in [4.69, 9.17) is 0 Å². The van der Waals surface area contributed by atoms with E-state index in [-0.39, 0.29) is 5.41 Å². The first-order chi connectivity index (χ1) is 15.4. The van der Waals surface area contributed by atoms with Crippen molar-refractivity contribution in [1.29, 1.82) is 0 Å². The van der Waals surface area contributed by atoms with Crippen LogP contribution in [0.3, 0.4) is 0 Å². The molecule has 3 heteroatoms. The van der Waals surface area contributed by atoms with E-state index in [0.29, 0.717) is 30.5 Å². The van der Waals surface area contributed by atoms with Crippen molar-refractivity contribution in [2.45, 2.75) is 69.8 Å². The molecule has 0 saturated heterocycles. The van der Waals surface area contributed by atoms with Crippen LogP contribution in [0.25, 0.3) is 0 Å². The Morgan fingerprint density at radius 1 is 1.16 bits per heavy atom. The molecule has 0 heterocycles. The van der Waals surface area contributed by atoms with E-state index in [9.17, 15) is 9.90 Å². The maximum Gasteiger partial charge on any atom is 0.156 e. The molecule has 2 fully saturated rings. The van der Waals surface area contributed by atoms with Gasteiger partial charge in [-0.1, -0.05) is 23.8 Å². The number of allylic oxidation sites excluding steroid dienone is 4. The average Bonchev–Trinajstić information content (AvgIpc) is 3.06. The maximum absolute atomic E-state index is 12.1. The van der Waals surface area contributed by atoms with Crippen molar-refractivity contribution in [2.75, 3.05) is 19.0 Å². The van der Waals surface area contributed by atoms with Gasteiger partial charge in [0.1, 0.15) is 0 Å². The molecule has 170 valence electrons. The molecule has 1 aromatic carbocycles. The van der Waals surface area contributed by atoms with Crippen molar-refractivity contribution in [3.05, 3.63) is 65.3 Å². The Morgan fingerprint density at radius 3 is 2.78 bits per heavy atom. The van der Waals surface area contributed by atoms with Crippen molar-refractivity contribution >= 4 is 11.5 Å². The van der Waals surface area contributed by atoms with Crippen LogP contribution in [0.1, 0.15) is 63.4 Å². The van der Waals surface area contributed by atoms with Gasteiger partial charge in [0.05, 0.1) is 5.60 Å². The summed E-state index contributed by atoms with van der Waals surface area (Å²) >= 11 is 0. The van der Waals surface area contributed by atoms with Crippen LogP contribution >= 0.6 is 0 Å². The summed E-state index contributed by atoms with van der Waals surface area (Å²) in [5, 5.41) is 12.1. The third-order valence-electron chi connectivity index (χ3n) is 9.16. The maximum atomic E-state index is 12.1. The highest BCUT2D eigenvalue weighted by atomic mass is 16.3. The van der Waals surface area contributed by atoms with Crippen LogP contribution in [0, 0.1) is 17.3 Å². The van der Waals surface area contributed by atoms with E-state index >= 15 is 0 Å². The fourth-order valence-electron chi connectivity index (χ4n) is 7.71. The molecular formula is C29H37NO2. The van der Waals surface area contributed by atoms with Crippen LogP contribution in [-0.2, 0) is 11.2 Å². The molecule has 1 N–H and O–H groups in total.